The topological polar surface area (TPSA) is 89.5 Å². The predicted molar refractivity (Wildman–Crippen MR) is 98.8 cm³/mol. The molecule has 0 aliphatic rings. The van der Waals surface area contributed by atoms with Crippen LogP contribution >= 0.6 is 11.6 Å². The number of amides is 1. The molecule has 0 aliphatic heterocycles. The number of halogens is 2. The Morgan fingerprint density at radius 2 is 1.81 bits per heavy atom. The first-order valence-electron chi connectivity index (χ1n) is 7.87. The van der Waals surface area contributed by atoms with E-state index in [0.29, 0.717) is 0 Å². The van der Waals surface area contributed by atoms with E-state index in [4.69, 9.17) is 16.3 Å². The number of ether oxygens (including phenoxy) is 1. The fourth-order valence-corrected chi connectivity index (χ4v) is 3.51. The second kappa shape index (κ2) is 8.96. The number of aryl methyl sites for hydroxylation is 1. The van der Waals surface area contributed by atoms with Gasteiger partial charge >= 0.3 is 5.97 Å². The molecule has 0 bridgehead atoms. The van der Waals surface area contributed by atoms with Gasteiger partial charge in [-0.15, -0.1) is 0 Å². The molecular weight excluding hydrogens is 397 g/mol. The molecule has 0 saturated heterocycles. The van der Waals surface area contributed by atoms with Crippen LogP contribution in [0, 0.1) is 12.7 Å². The van der Waals surface area contributed by atoms with Gasteiger partial charge in [0.2, 0.25) is 0 Å². The largest absolute Gasteiger partial charge is 0.456 e. The van der Waals surface area contributed by atoms with Gasteiger partial charge in [0.05, 0.1) is 27.8 Å². The molecule has 0 radical (unpaired) electrons. The average molecular weight is 414 g/mol. The number of carbonyl (C=O) groups is 2. The van der Waals surface area contributed by atoms with Gasteiger partial charge in [-0.3, -0.25) is 9.59 Å². The summed E-state index contributed by atoms with van der Waals surface area (Å²) in [5, 5.41) is 2.36. The minimum Gasteiger partial charge on any atom is -0.456 e. The SMILES string of the molecule is Cc1ccc(S(=O)(=O)CCC(=O)OCC(=O)Nc2ccc(F)cc2Cl)cc1. The highest BCUT2D eigenvalue weighted by Crippen LogP contribution is 2.22. The van der Waals surface area contributed by atoms with E-state index in [1.54, 1.807) is 12.1 Å². The van der Waals surface area contributed by atoms with Crippen LogP contribution < -0.4 is 5.32 Å². The Morgan fingerprint density at radius 1 is 1.15 bits per heavy atom. The quantitative estimate of drug-likeness (QED) is 0.704. The molecule has 0 aromatic heterocycles. The van der Waals surface area contributed by atoms with Gasteiger partial charge in [-0.1, -0.05) is 29.3 Å². The number of sulfone groups is 1. The summed E-state index contributed by atoms with van der Waals surface area (Å²) in [7, 11) is -3.62. The van der Waals surface area contributed by atoms with Gasteiger partial charge in [0, 0.05) is 0 Å². The first kappa shape index (κ1) is 20.9. The number of hydrogen-bond donors (Lipinski definition) is 1. The lowest BCUT2D eigenvalue weighted by molar-refractivity contribution is -0.146. The maximum absolute atomic E-state index is 12.9. The molecule has 0 fully saturated rings. The van der Waals surface area contributed by atoms with Crippen LogP contribution in [0.4, 0.5) is 10.1 Å². The summed E-state index contributed by atoms with van der Waals surface area (Å²) in [5.74, 6) is -2.50. The van der Waals surface area contributed by atoms with E-state index >= 15 is 0 Å². The summed E-state index contributed by atoms with van der Waals surface area (Å²) in [6, 6.07) is 9.67. The molecule has 144 valence electrons. The summed E-state index contributed by atoms with van der Waals surface area (Å²) < 4.78 is 42.0. The lowest BCUT2D eigenvalue weighted by atomic mass is 10.2. The number of anilines is 1. The van der Waals surface area contributed by atoms with E-state index in [1.165, 1.54) is 18.2 Å². The number of benzene rings is 2. The highest BCUT2D eigenvalue weighted by Gasteiger charge is 2.18. The molecular formula is C18H17ClFNO5S. The molecule has 1 N–H and O–H groups in total. The zero-order valence-corrected chi connectivity index (χ0v) is 15.9. The van der Waals surface area contributed by atoms with Gasteiger partial charge in [-0.25, -0.2) is 12.8 Å². The summed E-state index contributed by atoms with van der Waals surface area (Å²) in [5.41, 5.74) is 1.08. The number of carbonyl (C=O) groups excluding carboxylic acids is 2. The van der Waals surface area contributed by atoms with Crippen molar-refractivity contribution in [3.63, 3.8) is 0 Å². The Kier molecular flexibility index (Phi) is 6.92. The maximum atomic E-state index is 12.9. The highest BCUT2D eigenvalue weighted by atomic mass is 35.5. The third-order valence-corrected chi connectivity index (χ3v) is 5.57. The molecule has 2 rings (SSSR count). The molecule has 1 amide bonds. The van der Waals surface area contributed by atoms with Crippen LogP contribution in [-0.4, -0.2) is 32.7 Å². The second-order valence-electron chi connectivity index (χ2n) is 5.71. The van der Waals surface area contributed by atoms with Crippen molar-refractivity contribution in [1.29, 1.82) is 0 Å². The number of nitrogens with one attached hydrogen (secondary N) is 1. The van der Waals surface area contributed by atoms with Gasteiger partial charge in [0.1, 0.15) is 5.82 Å². The Bertz CT molecular complexity index is 945. The first-order valence-corrected chi connectivity index (χ1v) is 9.90. The normalized spacial score (nSPS) is 11.1. The molecule has 0 spiro atoms. The summed E-state index contributed by atoms with van der Waals surface area (Å²) in [4.78, 5) is 23.6. The molecule has 27 heavy (non-hydrogen) atoms. The van der Waals surface area contributed by atoms with Gasteiger partial charge in [-0.05, 0) is 37.3 Å². The van der Waals surface area contributed by atoms with Gasteiger partial charge in [0.15, 0.2) is 16.4 Å². The molecule has 6 nitrogen and oxygen atoms in total. The monoisotopic (exact) mass is 413 g/mol. The van der Waals surface area contributed by atoms with E-state index in [2.05, 4.69) is 5.32 Å². The first-order chi connectivity index (χ1) is 12.7. The van der Waals surface area contributed by atoms with Crippen LogP contribution in [0.15, 0.2) is 47.4 Å². The van der Waals surface area contributed by atoms with Gasteiger partial charge in [-0.2, -0.15) is 0 Å². The van der Waals surface area contributed by atoms with Crippen LogP contribution in [-0.2, 0) is 24.2 Å². The van der Waals surface area contributed by atoms with Gasteiger partial charge in [0.25, 0.3) is 5.91 Å². The van der Waals surface area contributed by atoms with E-state index in [-0.39, 0.29) is 22.0 Å². The Balaban J connectivity index is 1.81. The van der Waals surface area contributed by atoms with Crippen molar-refractivity contribution < 1.29 is 27.1 Å². The smallest absolute Gasteiger partial charge is 0.307 e. The third kappa shape index (κ3) is 6.33. The minimum absolute atomic E-state index is 0.00105. The second-order valence-corrected chi connectivity index (χ2v) is 8.23. The van der Waals surface area contributed by atoms with Crippen molar-refractivity contribution in [3.05, 3.63) is 58.9 Å². The van der Waals surface area contributed by atoms with Crippen molar-refractivity contribution in [2.75, 3.05) is 17.7 Å². The number of rotatable bonds is 7. The van der Waals surface area contributed by atoms with E-state index < -0.39 is 39.9 Å². The summed E-state index contributed by atoms with van der Waals surface area (Å²) in [6.45, 7) is 1.22. The molecule has 2 aromatic rings. The Morgan fingerprint density at radius 3 is 2.44 bits per heavy atom. The fraction of sp³-hybridized carbons (Fsp3) is 0.222. The third-order valence-electron chi connectivity index (χ3n) is 3.52. The predicted octanol–water partition coefficient (Wildman–Crippen LogP) is 3.13. The molecule has 0 aliphatic carbocycles. The minimum atomic E-state index is -3.62. The van der Waals surface area contributed by atoms with E-state index in [9.17, 15) is 22.4 Å². The zero-order valence-electron chi connectivity index (χ0n) is 14.4. The Labute approximate surface area is 161 Å². The number of esters is 1. The van der Waals surface area contributed by atoms with Crippen molar-refractivity contribution >= 4 is 39.0 Å². The van der Waals surface area contributed by atoms with E-state index in [1.807, 2.05) is 6.92 Å². The van der Waals surface area contributed by atoms with Crippen molar-refractivity contribution in [2.24, 2.45) is 0 Å². The van der Waals surface area contributed by atoms with E-state index in [0.717, 1.165) is 17.7 Å². The fourth-order valence-electron chi connectivity index (χ4n) is 2.08. The molecule has 0 heterocycles. The van der Waals surface area contributed by atoms with Crippen LogP contribution in [0.5, 0.6) is 0 Å². The average Bonchev–Trinajstić information content (AvgIpc) is 2.61. The van der Waals surface area contributed by atoms with Crippen molar-refractivity contribution in [1.82, 2.24) is 0 Å². The highest BCUT2D eigenvalue weighted by molar-refractivity contribution is 7.91. The zero-order chi connectivity index (χ0) is 20.0. The molecule has 0 unspecified atom stereocenters. The van der Waals surface area contributed by atoms with Gasteiger partial charge < -0.3 is 10.1 Å². The molecule has 2 aromatic carbocycles. The summed E-state index contributed by atoms with van der Waals surface area (Å²) >= 11 is 5.77. The molecule has 9 heteroatoms. The van der Waals surface area contributed by atoms with Crippen LogP contribution in [0.1, 0.15) is 12.0 Å². The molecule has 0 atom stereocenters. The van der Waals surface area contributed by atoms with Crippen molar-refractivity contribution in [2.45, 2.75) is 18.2 Å². The lowest BCUT2D eigenvalue weighted by Crippen LogP contribution is -2.22. The Hall–Kier alpha value is -2.45. The summed E-state index contributed by atoms with van der Waals surface area (Å²) in [6.07, 6.45) is -0.388. The van der Waals surface area contributed by atoms with Crippen LogP contribution in [0.2, 0.25) is 5.02 Å². The van der Waals surface area contributed by atoms with Crippen LogP contribution in [0.3, 0.4) is 0 Å². The molecule has 0 saturated carbocycles. The number of hydrogen-bond acceptors (Lipinski definition) is 5. The maximum Gasteiger partial charge on any atom is 0.307 e. The lowest BCUT2D eigenvalue weighted by Gasteiger charge is -2.08. The van der Waals surface area contributed by atoms with Crippen molar-refractivity contribution in [3.8, 4) is 0 Å². The standard InChI is InChI=1S/C18H17ClFNO5S/c1-12-2-5-14(6-3-12)27(24,25)9-8-18(23)26-11-17(22)21-16-7-4-13(20)10-15(16)19/h2-7,10H,8-9,11H2,1H3,(H,21,22). The van der Waals surface area contributed by atoms with Crippen LogP contribution in [0.25, 0.3) is 0 Å².